The number of nitrogens with zero attached hydrogens (tertiary/aromatic N) is 4. The van der Waals surface area contributed by atoms with Crippen LogP contribution in [0.2, 0.25) is 0 Å². The van der Waals surface area contributed by atoms with Gasteiger partial charge in [0, 0.05) is 37.1 Å². The summed E-state index contributed by atoms with van der Waals surface area (Å²) < 4.78 is 10.1. The summed E-state index contributed by atoms with van der Waals surface area (Å²) >= 11 is 1.74. The average molecular weight is 508 g/mol. The van der Waals surface area contributed by atoms with Crippen molar-refractivity contribution in [3.8, 4) is 17.3 Å². The molecule has 1 aliphatic heterocycles. The van der Waals surface area contributed by atoms with Crippen LogP contribution >= 0.6 is 11.3 Å². The van der Waals surface area contributed by atoms with Gasteiger partial charge in [-0.2, -0.15) is 0 Å². The lowest BCUT2D eigenvalue weighted by Gasteiger charge is -2.36. The van der Waals surface area contributed by atoms with E-state index in [0.717, 1.165) is 23.6 Å². The fourth-order valence-electron chi connectivity index (χ4n) is 5.36. The van der Waals surface area contributed by atoms with E-state index in [1.165, 1.54) is 28.0 Å². The first-order valence-corrected chi connectivity index (χ1v) is 13.1. The Morgan fingerprint density at radius 2 is 2.03 bits per heavy atom. The fraction of sp³-hybridized carbons (Fsp3) is 0.423. The molecule has 0 spiro atoms. The van der Waals surface area contributed by atoms with Gasteiger partial charge < -0.3 is 29.6 Å². The Bertz CT molecular complexity index is 1500. The Kier molecular flexibility index (Phi) is 5.53. The molecule has 4 heterocycles. The molecule has 0 bridgehead atoms. The number of likely N-dealkylation sites (tertiary alicyclic amines) is 1. The highest BCUT2D eigenvalue weighted by molar-refractivity contribution is 7.16. The maximum absolute atomic E-state index is 13.5. The summed E-state index contributed by atoms with van der Waals surface area (Å²) in [5.41, 5.74) is 8.90. The Morgan fingerprint density at radius 1 is 1.22 bits per heavy atom. The van der Waals surface area contributed by atoms with Crippen molar-refractivity contribution in [3.05, 3.63) is 35.2 Å². The van der Waals surface area contributed by atoms with E-state index >= 15 is 0 Å². The summed E-state index contributed by atoms with van der Waals surface area (Å²) in [6.45, 7) is 1.17. The third-order valence-corrected chi connectivity index (χ3v) is 8.39. The van der Waals surface area contributed by atoms with Gasteiger partial charge >= 0.3 is 5.97 Å². The first-order valence-electron chi connectivity index (χ1n) is 12.3. The topological polar surface area (TPSA) is 116 Å². The van der Waals surface area contributed by atoms with Crippen LogP contribution in [-0.2, 0) is 18.4 Å². The van der Waals surface area contributed by atoms with Gasteiger partial charge in [0.15, 0.2) is 5.82 Å². The number of methoxy groups -OCH3 is 1. The Hall–Kier alpha value is -3.37. The van der Waals surface area contributed by atoms with Crippen LogP contribution in [0.3, 0.4) is 0 Å². The van der Waals surface area contributed by atoms with Gasteiger partial charge in [-0.15, -0.1) is 11.3 Å². The number of benzene rings is 1. The van der Waals surface area contributed by atoms with Crippen molar-refractivity contribution >= 4 is 44.5 Å². The maximum Gasteiger partial charge on any atom is 0.326 e. The number of fused-ring (bicyclic) bond motifs is 2. The van der Waals surface area contributed by atoms with Crippen molar-refractivity contribution < 1.29 is 19.4 Å². The third-order valence-electron chi connectivity index (χ3n) is 7.43. The first kappa shape index (κ1) is 23.1. The van der Waals surface area contributed by atoms with Gasteiger partial charge in [-0.25, -0.2) is 9.78 Å². The molecular weight excluding hydrogens is 478 g/mol. The minimum atomic E-state index is -1.01. The van der Waals surface area contributed by atoms with Gasteiger partial charge in [-0.3, -0.25) is 4.79 Å². The molecule has 6 rings (SSSR count). The molecule has 2 fully saturated rings. The smallest absolute Gasteiger partial charge is 0.326 e. The van der Waals surface area contributed by atoms with Crippen LogP contribution in [0.15, 0.2) is 29.6 Å². The van der Waals surface area contributed by atoms with Crippen LogP contribution < -0.4 is 10.5 Å². The number of carbonyl (C=O) groups excluding carboxylic acids is 1. The van der Waals surface area contributed by atoms with E-state index in [2.05, 4.69) is 22.1 Å². The molecule has 2 atom stereocenters. The zero-order valence-corrected chi connectivity index (χ0v) is 21.1. The number of imidazole rings is 1. The summed E-state index contributed by atoms with van der Waals surface area (Å²) in [5.74, 6) is 0.642. The Balaban J connectivity index is 1.45. The molecule has 1 saturated heterocycles. The number of carboxylic acid groups (broad SMARTS) is 1. The molecule has 1 amide bonds. The van der Waals surface area contributed by atoms with Gasteiger partial charge in [-0.1, -0.05) is 0 Å². The average Bonchev–Trinajstić information content (AvgIpc) is 3.31. The number of thiophene rings is 1. The van der Waals surface area contributed by atoms with E-state index in [1.807, 2.05) is 11.6 Å². The van der Waals surface area contributed by atoms with Crippen LogP contribution in [0.1, 0.15) is 36.0 Å². The first-order chi connectivity index (χ1) is 17.4. The van der Waals surface area contributed by atoms with Crippen LogP contribution in [-0.4, -0.2) is 61.7 Å². The molecule has 9 nitrogen and oxygen atoms in total. The van der Waals surface area contributed by atoms with Crippen molar-refractivity contribution in [1.29, 1.82) is 0 Å². The predicted octanol–water partition coefficient (Wildman–Crippen LogP) is 3.69. The van der Waals surface area contributed by atoms with Crippen LogP contribution in [0, 0.1) is 5.92 Å². The van der Waals surface area contributed by atoms with E-state index in [-0.39, 0.29) is 18.5 Å². The monoisotopic (exact) mass is 507 g/mol. The predicted molar refractivity (Wildman–Crippen MR) is 138 cm³/mol. The zero-order chi connectivity index (χ0) is 25.1. The minimum absolute atomic E-state index is 0.203. The lowest BCUT2D eigenvalue weighted by atomic mass is 9.97. The maximum atomic E-state index is 13.5. The molecule has 1 aliphatic carbocycles. The molecule has 2 aliphatic rings. The number of amides is 1. The number of rotatable bonds is 6. The summed E-state index contributed by atoms with van der Waals surface area (Å²) in [4.78, 5) is 32.9. The number of ether oxygens (including phenoxy) is 1. The van der Waals surface area contributed by atoms with Crippen LogP contribution in [0.4, 0.5) is 0 Å². The highest BCUT2D eigenvalue weighted by Gasteiger charge is 2.36. The van der Waals surface area contributed by atoms with Crippen molar-refractivity contribution in [2.45, 2.75) is 44.3 Å². The van der Waals surface area contributed by atoms with Crippen molar-refractivity contribution in [2.24, 2.45) is 18.7 Å². The fourth-order valence-corrected chi connectivity index (χ4v) is 6.27. The largest absolute Gasteiger partial charge is 0.494 e. The standard InChI is InChI=1S/C26H29N5O4S/c1-29-22-18(28-23(29)20-10-15-7-8-36-25(15)31(20)12-14-3-4-14)9-16(11-21(22)35-2)24(32)30-13-17(27)5-6-19(30)26(33)34/h7-11,14,17,19H,3-6,12-13,27H2,1-2H3,(H,33,34)/t17-,19-/m1/s1. The quantitative estimate of drug-likeness (QED) is 0.411. The summed E-state index contributed by atoms with van der Waals surface area (Å²) in [6.07, 6.45) is 3.42. The highest BCUT2D eigenvalue weighted by Crippen LogP contribution is 2.39. The van der Waals surface area contributed by atoms with E-state index in [4.69, 9.17) is 15.5 Å². The molecule has 10 heteroatoms. The summed E-state index contributed by atoms with van der Waals surface area (Å²) in [5, 5.41) is 13.0. The van der Waals surface area contributed by atoms with E-state index in [0.29, 0.717) is 35.6 Å². The molecule has 0 radical (unpaired) electrons. The van der Waals surface area contributed by atoms with Crippen molar-refractivity contribution in [2.75, 3.05) is 13.7 Å². The number of hydrogen-bond acceptors (Lipinski definition) is 6. The van der Waals surface area contributed by atoms with Gasteiger partial charge in [0.2, 0.25) is 0 Å². The number of piperidine rings is 1. The van der Waals surface area contributed by atoms with Gasteiger partial charge in [0.1, 0.15) is 22.1 Å². The second-order valence-corrected chi connectivity index (χ2v) is 10.8. The number of aliphatic carboxylic acids is 1. The number of nitrogens with two attached hydrogens (primary N) is 1. The van der Waals surface area contributed by atoms with Crippen LogP contribution in [0.5, 0.6) is 5.75 Å². The molecule has 4 aromatic rings. The van der Waals surface area contributed by atoms with Gasteiger partial charge in [-0.05, 0) is 61.2 Å². The molecule has 1 aromatic carbocycles. The molecule has 1 saturated carbocycles. The summed E-state index contributed by atoms with van der Waals surface area (Å²) in [7, 11) is 3.53. The third kappa shape index (κ3) is 3.75. The number of carbonyl (C=O) groups is 2. The second kappa shape index (κ2) is 8.63. The van der Waals surface area contributed by atoms with E-state index in [9.17, 15) is 14.7 Å². The van der Waals surface area contributed by atoms with Gasteiger partial charge in [0.25, 0.3) is 5.91 Å². The number of aromatic nitrogens is 3. The summed E-state index contributed by atoms with van der Waals surface area (Å²) in [6, 6.07) is 6.59. The molecule has 188 valence electrons. The van der Waals surface area contributed by atoms with Crippen LogP contribution in [0.25, 0.3) is 32.8 Å². The second-order valence-electron chi connectivity index (χ2n) is 9.95. The molecule has 0 unspecified atom stereocenters. The normalized spacial score (nSPS) is 20.4. The highest BCUT2D eigenvalue weighted by atomic mass is 32.1. The van der Waals surface area contributed by atoms with E-state index in [1.54, 1.807) is 30.6 Å². The molecular formula is C26H29N5O4S. The van der Waals surface area contributed by atoms with Crippen molar-refractivity contribution in [1.82, 2.24) is 19.0 Å². The minimum Gasteiger partial charge on any atom is -0.494 e. The Morgan fingerprint density at radius 3 is 2.75 bits per heavy atom. The molecule has 36 heavy (non-hydrogen) atoms. The zero-order valence-electron chi connectivity index (χ0n) is 20.3. The lowest BCUT2D eigenvalue weighted by Crippen LogP contribution is -2.54. The molecule has 3 N–H and O–H groups in total. The molecule has 3 aromatic heterocycles. The van der Waals surface area contributed by atoms with Gasteiger partial charge in [0.05, 0.1) is 18.3 Å². The number of carboxylic acids is 1. The lowest BCUT2D eigenvalue weighted by molar-refractivity contribution is -0.143. The van der Waals surface area contributed by atoms with E-state index < -0.39 is 12.0 Å². The number of hydrogen-bond donors (Lipinski definition) is 2. The van der Waals surface area contributed by atoms with Crippen molar-refractivity contribution in [3.63, 3.8) is 0 Å². The number of aryl methyl sites for hydroxylation is 1. The Labute approximate surface area is 212 Å². The SMILES string of the molecule is COc1cc(C(=O)N2C[C@H](N)CC[C@@H]2C(=O)O)cc2nc(-c3cc4ccsc4n3CC3CC3)n(C)c12.